The molecule has 0 saturated carbocycles. The van der Waals surface area contributed by atoms with Crippen LogP contribution in [0.2, 0.25) is 5.15 Å². The minimum Gasteiger partial charge on any atom is -0.317 e. The Morgan fingerprint density at radius 3 is 2.90 bits per heavy atom. The van der Waals surface area contributed by atoms with Crippen LogP contribution in [0.4, 0.5) is 0 Å². The summed E-state index contributed by atoms with van der Waals surface area (Å²) in [5, 5.41) is 12.4. The summed E-state index contributed by atoms with van der Waals surface area (Å²) < 4.78 is 1.99. The monoisotopic (exact) mass is 288 g/mol. The van der Waals surface area contributed by atoms with Crippen molar-refractivity contribution in [3.8, 4) is 0 Å². The standard InChI is InChI=1S/C13H13ClN6/c14-11-2-1-9-12(17-11)13-10(7-16-9)18-19-20(13)8-3-5-15-6-4-8/h1-2,7-8,15H,3-6H2. The van der Waals surface area contributed by atoms with E-state index in [2.05, 4.69) is 25.6 Å². The fraction of sp³-hybridized carbons (Fsp3) is 0.385. The maximum absolute atomic E-state index is 6.03. The van der Waals surface area contributed by atoms with Gasteiger partial charge in [0.1, 0.15) is 21.7 Å². The van der Waals surface area contributed by atoms with Crippen LogP contribution in [-0.4, -0.2) is 38.1 Å². The molecule has 3 aromatic rings. The van der Waals surface area contributed by atoms with Crippen LogP contribution in [0.3, 0.4) is 0 Å². The number of pyridine rings is 2. The Labute approximate surface area is 120 Å². The maximum atomic E-state index is 6.03. The Kier molecular flexibility index (Phi) is 2.78. The molecular weight excluding hydrogens is 276 g/mol. The Morgan fingerprint density at radius 2 is 2.05 bits per heavy atom. The van der Waals surface area contributed by atoms with Gasteiger partial charge in [-0.2, -0.15) is 0 Å². The Hall–Kier alpha value is -1.79. The van der Waals surface area contributed by atoms with Crippen LogP contribution in [0.15, 0.2) is 18.3 Å². The van der Waals surface area contributed by atoms with E-state index in [0.29, 0.717) is 11.2 Å². The molecule has 0 spiro atoms. The summed E-state index contributed by atoms with van der Waals surface area (Å²) in [5.74, 6) is 0. The second-order valence-electron chi connectivity index (χ2n) is 5.01. The van der Waals surface area contributed by atoms with Gasteiger partial charge in [-0.05, 0) is 38.1 Å². The van der Waals surface area contributed by atoms with Crippen LogP contribution in [0.5, 0.6) is 0 Å². The average molecular weight is 289 g/mol. The molecule has 3 aromatic heterocycles. The lowest BCUT2D eigenvalue weighted by Gasteiger charge is -2.23. The van der Waals surface area contributed by atoms with Crippen molar-refractivity contribution in [1.82, 2.24) is 30.3 Å². The smallest absolute Gasteiger partial charge is 0.133 e. The first-order valence-electron chi connectivity index (χ1n) is 6.70. The third-order valence-electron chi connectivity index (χ3n) is 3.77. The van der Waals surface area contributed by atoms with Gasteiger partial charge in [0.15, 0.2) is 0 Å². The molecule has 1 saturated heterocycles. The number of nitrogens with zero attached hydrogens (tertiary/aromatic N) is 5. The van der Waals surface area contributed by atoms with Crippen LogP contribution in [0, 0.1) is 0 Å². The minimum atomic E-state index is 0.354. The fourth-order valence-corrected chi connectivity index (χ4v) is 2.91. The van der Waals surface area contributed by atoms with Gasteiger partial charge in [0, 0.05) is 0 Å². The molecule has 1 N–H and O–H groups in total. The molecule has 0 radical (unpaired) electrons. The molecule has 6 nitrogen and oxygen atoms in total. The zero-order chi connectivity index (χ0) is 13.5. The van der Waals surface area contributed by atoms with E-state index in [1.807, 2.05) is 10.7 Å². The predicted molar refractivity (Wildman–Crippen MR) is 76.8 cm³/mol. The van der Waals surface area contributed by atoms with Crippen molar-refractivity contribution in [2.24, 2.45) is 0 Å². The highest BCUT2D eigenvalue weighted by atomic mass is 35.5. The minimum absolute atomic E-state index is 0.354. The molecule has 0 atom stereocenters. The summed E-state index contributed by atoms with van der Waals surface area (Å²) in [6, 6.07) is 3.98. The highest BCUT2D eigenvalue weighted by Crippen LogP contribution is 2.27. The largest absolute Gasteiger partial charge is 0.317 e. The molecule has 0 amide bonds. The van der Waals surface area contributed by atoms with Crippen molar-refractivity contribution in [2.75, 3.05) is 13.1 Å². The molecule has 1 fully saturated rings. The van der Waals surface area contributed by atoms with Crippen molar-refractivity contribution in [1.29, 1.82) is 0 Å². The van der Waals surface area contributed by atoms with Gasteiger partial charge in [-0.25, -0.2) is 9.67 Å². The van der Waals surface area contributed by atoms with Crippen LogP contribution in [0.25, 0.3) is 22.1 Å². The lowest BCUT2D eigenvalue weighted by atomic mass is 10.1. The van der Waals surface area contributed by atoms with Crippen LogP contribution in [0.1, 0.15) is 18.9 Å². The van der Waals surface area contributed by atoms with Crippen molar-refractivity contribution in [2.45, 2.75) is 18.9 Å². The van der Waals surface area contributed by atoms with E-state index in [-0.39, 0.29) is 0 Å². The van der Waals surface area contributed by atoms with E-state index in [4.69, 9.17) is 11.6 Å². The summed E-state index contributed by atoms with van der Waals surface area (Å²) >= 11 is 6.03. The molecule has 0 bridgehead atoms. The Bertz CT molecular complexity index is 777. The molecule has 102 valence electrons. The van der Waals surface area contributed by atoms with Crippen LogP contribution in [-0.2, 0) is 0 Å². The van der Waals surface area contributed by atoms with E-state index >= 15 is 0 Å². The summed E-state index contributed by atoms with van der Waals surface area (Å²) in [7, 11) is 0. The molecule has 7 heteroatoms. The SMILES string of the molecule is Clc1ccc2ncc3nnn(C4CCNCC4)c3c2n1. The average Bonchev–Trinajstić information content (AvgIpc) is 2.92. The van der Waals surface area contributed by atoms with E-state index in [1.165, 1.54) is 0 Å². The van der Waals surface area contributed by atoms with Gasteiger partial charge in [0.05, 0.1) is 17.8 Å². The lowest BCUT2D eigenvalue weighted by Crippen LogP contribution is -2.29. The molecule has 1 aliphatic rings. The van der Waals surface area contributed by atoms with Crippen molar-refractivity contribution < 1.29 is 0 Å². The maximum Gasteiger partial charge on any atom is 0.133 e. The van der Waals surface area contributed by atoms with Gasteiger partial charge in [0.2, 0.25) is 0 Å². The van der Waals surface area contributed by atoms with Gasteiger partial charge in [-0.15, -0.1) is 5.10 Å². The van der Waals surface area contributed by atoms with Crippen molar-refractivity contribution >= 4 is 33.7 Å². The molecule has 0 aliphatic carbocycles. The summed E-state index contributed by atoms with van der Waals surface area (Å²) in [4.78, 5) is 8.78. The zero-order valence-electron chi connectivity index (χ0n) is 10.8. The van der Waals surface area contributed by atoms with Gasteiger partial charge in [-0.1, -0.05) is 16.8 Å². The van der Waals surface area contributed by atoms with Gasteiger partial charge in [-0.3, -0.25) is 4.98 Å². The summed E-state index contributed by atoms with van der Waals surface area (Å²) in [6.07, 6.45) is 3.84. The van der Waals surface area contributed by atoms with E-state index in [1.54, 1.807) is 12.3 Å². The number of hydrogen-bond donors (Lipinski definition) is 1. The first-order chi connectivity index (χ1) is 9.83. The third kappa shape index (κ3) is 1.83. The quantitative estimate of drug-likeness (QED) is 0.693. The molecule has 4 rings (SSSR count). The van der Waals surface area contributed by atoms with Crippen molar-refractivity contribution in [3.05, 3.63) is 23.5 Å². The van der Waals surface area contributed by atoms with Gasteiger partial charge >= 0.3 is 0 Å². The van der Waals surface area contributed by atoms with E-state index in [9.17, 15) is 0 Å². The number of aromatic nitrogens is 5. The number of hydrogen-bond acceptors (Lipinski definition) is 5. The van der Waals surface area contributed by atoms with Crippen molar-refractivity contribution in [3.63, 3.8) is 0 Å². The zero-order valence-corrected chi connectivity index (χ0v) is 11.5. The first-order valence-corrected chi connectivity index (χ1v) is 7.07. The van der Waals surface area contributed by atoms with E-state index in [0.717, 1.165) is 48.0 Å². The normalized spacial score (nSPS) is 17.1. The molecule has 1 aliphatic heterocycles. The number of rotatable bonds is 1. The molecule has 0 aromatic carbocycles. The summed E-state index contributed by atoms with van der Waals surface area (Å²) in [5.41, 5.74) is 3.30. The van der Waals surface area contributed by atoms with E-state index < -0.39 is 0 Å². The first kappa shape index (κ1) is 12.0. The predicted octanol–water partition coefficient (Wildman–Crippen LogP) is 1.95. The molecular formula is C13H13ClN6. The number of halogens is 1. The summed E-state index contributed by atoms with van der Waals surface area (Å²) in [6.45, 7) is 2.01. The van der Waals surface area contributed by atoms with Crippen LogP contribution >= 0.6 is 11.6 Å². The molecule has 20 heavy (non-hydrogen) atoms. The second-order valence-corrected chi connectivity index (χ2v) is 5.40. The highest BCUT2D eigenvalue weighted by Gasteiger charge is 2.20. The Morgan fingerprint density at radius 1 is 1.20 bits per heavy atom. The fourth-order valence-electron chi connectivity index (χ4n) is 2.77. The lowest BCUT2D eigenvalue weighted by molar-refractivity contribution is 0.345. The second kappa shape index (κ2) is 4.64. The number of piperidine rings is 1. The molecule has 0 unspecified atom stereocenters. The topological polar surface area (TPSA) is 68.5 Å². The third-order valence-corrected chi connectivity index (χ3v) is 3.98. The van der Waals surface area contributed by atoms with Crippen LogP contribution < -0.4 is 5.32 Å². The Balaban J connectivity index is 1.99. The van der Waals surface area contributed by atoms with Gasteiger partial charge in [0.25, 0.3) is 0 Å². The number of fused-ring (bicyclic) bond motifs is 3. The molecule has 4 heterocycles. The highest BCUT2D eigenvalue weighted by molar-refractivity contribution is 6.30. The van der Waals surface area contributed by atoms with Gasteiger partial charge < -0.3 is 5.32 Å². The number of nitrogens with one attached hydrogen (secondary N) is 1.